The number of carbonyl (C=O) groups excluding carboxylic acids is 1. The molecule has 0 radical (unpaired) electrons. The lowest BCUT2D eigenvalue weighted by Crippen LogP contribution is -2.37. The molecule has 4 rings (SSSR count). The van der Waals surface area contributed by atoms with E-state index in [1.807, 2.05) is 41.4 Å². The van der Waals surface area contributed by atoms with Crippen LogP contribution in [0.25, 0.3) is 0 Å². The monoisotopic (exact) mass is 386 g/mol. The van der Waals surface area contributed by atoms with Crippen LogP contribution in [0, 0.1) is 0 Å². The van der Waals surface area contributed by atoms with Crippen molar-refractivity contribution in [3.63, 3.8) is 0 Å². The molecule has 4 nitrogen and oxygen atoms in total. The predicted octanol–water partition coefficient (Wildman–Crippen LogP) is 4.98. The van der Waals surface area contributed by atoms with Crippen LogP contribution in [0.1, 0.15) is 52.4 Å². The standard InChI is InChI=1S/C25H26N2O2/c1-18(2)21-7-5-19(6-8-21)17-29-23-10-9-22-11-13-27(25(28)24(22)14-23)16-20-4-3-12-26-15-20/h3-10,12,14-15,18H,11,13,16-17H2,1-2H3. The van der Waals surface area contributed by atoms with Crippen molar-refractivity contribution in [2.45, 2.75) is 39.3 Å². The predicted molar refractivity (Wildman–Crippen MR) is 114 cm³/mol. The average molecular weight is 386 g/mol. The summed E-state index contributed by atoms with van der Waals surface area (Å²) < 4.78 is 5.98. The number of ether oxygens (including phenoxy) is 1. The molecule has 0 fully saturated rings. The van der Waals surface area contributed by atoms with E-state index in [2.05, 4.69) is 43.1 Å². The quantitative estimate of drug-likeness (QED) is 0.600. The average Bonchev–Trinajstić information content (AvgIpc) is 2.75. The van der Waals surface area contributed by atoms with Crippen molar-refractivity contribution in [1.29, 1.82) is 0 Å². The van der Waals surface area contributed by atoms with Crippen molar-refractivity contribution in [3.8, 4) is 5.75 Å². The van der Waals surface area contributed by atoms with Gasteiger partial charge in [-0.25, -0.2) is 0 Å². The first kappa shape index (κ1) is 19.2. The first-order chi connectivity index (χ1) is 14.1. The number of hydrogen-bond donors (Lipinski definition) is 0. The number of rotatable bonds is 6. The van der Waals surface area contributed by atoms with E-state index < -0.39 is 0 Å². The Morgan fingerprint density at radius 3 is 2.62 bits per heavy atom. The first-order valence-corrected chi connectivity index (χ1v) is 10.1. The van der Waals surface area contributed by atoms with Gasteiger partial charge in [-0.15, -0.1) is 0 Å². The number of aromatic nitrogens is 1. The van der Waals surface area contributed by atoms with E-state index >= 15 is 0 Å². The normalized spacial score (nSPS) is 13.5. The first-order valence-electron chi connectivity index (χ1n) is 10.1. The van der Waals surface area contributed by atoms with Gasteiger partial charge in [-0.2, -0.15) is 0 Å². The number of fused-ring (bicyclic) bond motifs is 1. The summed E-state index contributed by atoms with van der Waals surface area (Å²) in [5.41, 5.74) is 5.32. The van der Waals surface area contributed by atoms with Crippen molar-refractivity contribution in [2.24, 2.45) is 0 Å². The van der Waals surface area contributed by atoms with Crippen LogP contribution in [-0.4, -0.2) is 22.3 Å². The van der Waals surface area contributed by atoms with Crippen molar-refractivity contribution in [2.75, 3.05) is 6.54 Å². The van der Waals surface area contributed by atoms with Gasteiger partial charge in [-0.05, 0) is 52.8 Å². The van der Waals surface area contributed by atoms with E-state index in [4.69, 9.17) is 4.74 Å². The van der Waals surface area contributed by atoms with Gasteiger partial charge in [0.05, 0.1) is 0 Å². The Kier molecular flexibility index (Phi) is 5.61. The SMILES string of the molecule is CC(C)c1ccc(COc2ccc3c(c2)C(=O)N(Cc2cccnc2)CC3)cc1. The fourth-order valence-electron chi connectivity index (χ4n) is 3.62. The third kappa shape index (κ3) is 4.48. The molecule has 148 valence electrons. The molecule has 0 N–H and O–H groups in total. The molecule has 2 heterocycles. The maximum absolute atomic E-state index is 13.0. The van der Waals surface area contributed by atoms with Crippen LogP contribution in [0.15, 0.2) is 67.0 Å². The lowest BCUT2D eigenvalue weighted by atomic mass is 9.98. The zero-order chi connectivity index (χ0) is 20.2. The summed E-state index contributed by atoms with van der Waals surface area (Å²) in [6, 6.07) is 18.3. The highest BCUT2D eigenvalue weighted by molar-refractivity contribution is 5.97. The second-order valence-electron chi connectivity index (χ2n) is 7.84. The number of benzene rings is 2. The van der Waals surface area contributed by atoms with Gasteiger partial charge in [0.1, 0.15) is 12.4 Å². The molecule has 1 aliphatic rings. The molecule has 0 saturated heterocycles. The van der Waals surface area contributed by atoms with E-state index in [1.54, 1.807) is 6.20 Å². The second-order valence-corrected chi connectivity index (χ2v) is 7.84. The van der Waals surface area contributed by atoms with Gasteiger partial charge in [0.15, 0.2) is 0 Å². The largest absolute Gasteiger partial charge is 0.489 e. The number of amides is 1. The summed E-state index contributed by atoms with van der Waals surface area (Å²) in [5, 5.41) is 0. The zero-order valence-electron chi connectivity index (χ0n) is 17.0. The third-order valence-corrected chi connectivity index (χ3v) is 5.40. The second kappa shape index (κ2) is 8.48. The van der Waals surface area contributed by atoms with Crippen molar-refractivity contribution >= 4 is 5.91 Å². The van der Waals surface area contributed by atoms with Crippen molar-refractivity contribution in [3.05, 3.63) is 94.8 Å². The minimum absolute atomic E-state index is 0.0573. The van der Waals surface area contributed by atoms with E-state index in [9.17, 15) is 4.79 Å². The van der Waals surface area contributed by atoms with Gasteiger partial charge < -0.3 is 9.64 Å². The molecular formula is C25H26N2O2. The Morgan fingerprint density at radius 2 is 1.90 bits per heavy atom. The molecule has 1 amide bonds. The topological polar surface area (TPSA) is 42.4 Å². The number of hydrogen-bond acceptors (Lipinski definition) is 3. The van der Waals surface area contributed by atoms with Crippen molar-refractivity contribution < 1.29 is 9.53 Å². The minimum atomic E-state index is 0.0573. The molecule has 0 saturated carbocycles. The van der Waals surface area contributed by atoms with E-state index in [1.165, 1.54) is 5.56 Å². The number of pyridine rings is 1. The molecule has 0 aliphatic carbocycles. The van der Waals surface area contributed by atoms with Gasteiger partial charge in [-0.1, -0.05) is 50.2 Å². The van der Waals surface area contributed by atoms with Gasteiger partial charge in [0, 0.05) is 31.0 Å². The minimum Gasteiger partial charge on any atom is -0.489 e. The van der Waals surface area contributed by atoms with Crippen molar-refractivity contribution in [1.82, 2.24) is 9.88 Å². The molecular weight excluding hydrogens is 360 g/mol. The lowest BCUT2D eigenvalue weighted by molar-refractivity contribution is 0.0726. The maximum atomic E-state index is 13.0. The van der Waals surface area contributed by atoms with Crippen LogP contribution in [0.4, 0.5) is 0 Å². The fraction of sp³-hybridized carbons (Fsp3) is 0.280. The van der Waals surface area contributed by atoms with Crippen LogP contribution in [0.3, 0.4) is 0 Å². The highest BCUT2D eigenvalue weighted by Crippen LogP contribution is 2.25. The van der Waals surface area contributed by atoms with Crippen LogP contribution in [0.2, 0.25) is 0 Å². The fourth-order valence-corrected chi connectivity index (χ4v) is 3.62. The summed E-state index contributed by atoms with van der Waals surface area (Å²) in [6.07, 6.45) is 4.42. The third-order valence-electron chi connectivity index (χ3n) is 5.40. The van der Waals surface area contributed by atoms with Crippen LogP contribution in [0.5, 0.6) is 5.75 Å². The number of carbonyl (C=O) groups is 1. The van der Waals surface area contributed by atoms with Gasteiger partial charge in [0.25, 0.3) is 5.91 Å². The molecule has 1 aromatic heterocycles. The summed E-state index contributed by atoms with van der Waals surface area (Å²) in [4.78, 5) is 19.0. The molecule has 3 aromatic rings. The molecule has 0 atom stereocenters. The van der Waals surface area contributed by atoms with Gasteiger partial charge in [0.2, 0.25) is 0 Å². The molecule has 1 aliphatic heterocycles. The summed E-state index contributed by atoms with van der Waals surface area (Å²) in [5.74, 6) is 1.31. The Hall–Kier alpha value is -3.14. The molecule has 0 bridgehead atoms. The maximum Gasteiger partial charge on any atom is 0.254 e. The molecule has 4 heteroatoms. The lowest BCUT2D eigenvalue weighted by Gasteiger charge is -2.29. The van der Waals surface area contributed by atoms with E-state index in [0.29, 0.717) is 19.1 Å². The molecule has 2 aromatic carbocycles. The molecule has 0 unspecified atom stereocenters. The van der Waals surface area contributed by atoms with E-state index in [-0.39, 0.29) is 5.91 Å². The Balaban J connectivity index is 1.44. The van der Waals surface area contributed by atoms with Gasteiger partial charge >= 0.3 is 0 Å². The summed E-state index contributed by atoms with van der Waals surface area (Å²) in [7, 11) is 0. The highest BCUT2D eigenvalue weighted by Gasteiger charge is 2.25. The van der Waals surface area contributed by atoms with Crippen LogP contribution >= 0.6 is 0 Å². The smallest absolute Gasteiger partial charge is 0.254 e. The summed E-state index contributed by atoms with van der Waals surface area (Å²) in [6.45, 7) is 6.17. The van der Waals surface area contributed by atoms with Gasteiger partial charge in [-0.3, -0.25) is 9.78 Å². The van der Waals surface area contributed by atoms with E-state index in [0.717, 1.165) is 41.0 Å². The van der Waals surface area contributed by atoms with Crippen LogP contribution in [-0.2, 0) is 19.6 Å². The Bertz CT molecular complexity index is 981. The molecule has 0 spiro atoms. The Labute approximate surface area is 172 Å². The number of nitrogens with zero attached hydrogens (tertiary/aromatic N) is 2. The molecule has 29 heavy (non-hydrogen) atoms. The summed E-state index contributed by atoms with van der Waals surface area (Å²) >= 11 is 0. The van der Waals surface area contributed by atoms with Crippen LogP contribution < -0.4 is 4.74 Å². The zero-order valence-corrected chi connectivity index (χ0v) is 17.0. The highest BCUT2D eigenvalue weighted by atomic mass is 16.5. The Morgan fingerprint density at radius 1 is 1.07 bits per heavy atom.